The number of oxime groups is 1. The minimum atomic E-state index is -4.47. The van der Waals surface area contributed by atoms with E-state index in [1.165, 1.54) is 17.8 Å². The molecule has 21 heavy (non-hydrogen) atoms. The first kappa shape index (κ1) is 16.0. The molecule has 4 nitrogen and oxygen atoms in total. The van der Waals surface area contributed by atoms with E-state index in [9.17, 15) is 13.2 Å². The summed E-state index contributed by atoms with van der Waals surface area (Å²) in [4.78, 5) is 0.536. The van der Waals surface area contributed by atoms with Gasteiger partial charge in [0, 0.05) is 22.8 Å². The first-order valence-corrected chi connectivity index (χ1v) is 7.34. The number of thioether (sulfide) groups is 1. The Morgan fingerprint density at radius 3 is 2.81 bits per heavy atom. The summed E-state index contributed by atoms with van der Waals surface area (Å²) in [7, 11) is 0. The molecule has 0 bridgehead atoms. The number of halogens is 3. The summed E-state index contributed by atoms with van der Waals surface area (Å²) in [6.45, 7) is 0.714. The highest BCUT2D eigenvalue weighted by molar-refractivity contribution is 7.99. The Hall–Kier alpha value is -1.41. The van der Waals surface area contributed by atoms with Gasteiger partial charge in [0.15, 0.2) is 5.84 Å². The smallest absolute Gasteiger partial charge is 0.409 e. The summed E-state index contributed by atoms with van der Waals surface area (Å²) in [6.07, 6.45) is -2.45. The van der Waals surface area contributed by atoms with Crippen molar-refractivity contribution in [1.29, 1.82) is 0 Å². The minimum Gasteiger partial charge on any atom is -0.409 e. The van der Waals surface area contributed by atoms with Gasteiger partial charge in [-0.1, -0.05) is 5.16 Å². The molecule has 1 fully saturated rings. The number of nitrogens with two attached hydrogens (primary N) is 1. The molecule has 0 aromatic heterocycles. The Morgan fingerprint density at radius 2 is 2.24 bits per heavy atom. The molecule has 1 saturated heterocycles. The maximum atomic E-state index is 12.7. The molecule has 1 heterocycles. The third-order valence-corrected chi connectivity index (χ3v) is 4.34. The Morgan fingerprint density at radius 1 is 1.48 bits per heavy atom. The second-order valence-electron chi connectivity index (χ2n) is 4.64. The van der Waals surface area contributed by atoms with Crippen LogP contribution in [0.1, 0.15) is 24.0 Å². The van der Waals surface area contributed by atoms with Crippen LogP contribution in [0, 0.1) is 0 Å². The van der Waals surface area contributed by atoms with Crippen LogP contribution in [0.15, 0.2) is 28.3 Å². The highest BCUT2D eigenvalue weighted by Gasteiger charge is 2.31. The zero-order chi connectivity index (χ0) is 15.5. The second-order valence-corrected chi connectivity index (χ2v) is 5.70. The van der Waals surface area contributed by atoms with Gasteiger partial charge in [-0.25, -0.2) is 0 Å². The van der Waals surface area contributed by atoms with Gasteiger partial charge in [0.25, 0.3) is 0 Å². The lowest BCUT2D eigenvalue weighted by atomic mass is 10.1. The highest BCUT2D eigenvalue weighted by atomic mass is 32.2. The maximum Gasteiger partial charge on any atom is 0.416 e. The SMILES string of the molecule is N/C(=N/O)c1cc(C(F)(F)F)ccc1SCC1CCCO1. The van der Waals surface area contributed by atoms with Crippen molar-refractivity contribution in [3.63, 3.8) is 0 Å². The van der Waals surface area contributed by atoms with Gasteiger partial charge in [-0.3, -0.25) is 0 Å². The average molecular weight is 320 g/mol. The highest BCUT2D eigenvalue weighted by Crippen LogP contribution is 2.34. The lowest BCUT2D eigenvalue weighted by Crippen LogP contribution is -2.17. The first-order valence-electron chi connectivity index (χ1n) is 6.35. The number of benzene rings is 1. The maximum absolute atomic E-state index is 12.7. The van der Waals surface area contributed by atoms with Crippen LogP contribution in [0.3, 0.4) is 0 Å². The van der Waals surface area contributed by atoms with E-state index < -0.39 is 11.7 Å². The molecule has 1 aliphatic rings. The third-order valence-electron chi connectivity index (χ3n) is 3.14. The fourth-order valence-corrected chi connectivity index (χ4v) is 3.16. The molecular weight excluding hydrogens is 305 g/mol. The number of rotatable bonds is 4. The molecule has 1 aromatic rings. The van der Waals surface area contributed by atoms with Gasteiger partial charge >= 0.3 is 6.18 Å². The number of nitrogens with zero attached hydrogens (tertiary/aromatic N) is 1. The zero-order valence-electron chi connectivity index (χ0n) is 11.1. The zero-order valence-corrected chi connectivity index (χ0v) is 11.9. The standard InChI is InChI=1S/C13H15F3N2O2S/c14-13(15,16)8-3-4-11(10(6-8)12(17)18-19)21-7-9-2-1-5-20-9/h3-4,6,9,19H,1-2,5,7H2,(H2,17,18). The van der Waals surface area contributed by atoms with Crippen molar-refractivity contribution >= 4 is 17.6 Å². The number of hydrogen-bond acceptors (Lipinski definition) is 4. The van der Waals surface area contributed by atoms with Crippen LogP contribution >= 0.6 is 11.8 Å². The summed E-state index contributed by atoms with van der Waals surface area (Å²) >= 11 is 1.34. The van der Waals surface area contributed by atoms with Gasteiger partial charge in [0.05, 0.1) is 11.7 Å². The fraction of sp³-hybridized carbons (Fsp3) is 0.462. The summed E-state index contributed by atoms with van der Waals surface area (Å²) < 4.78 is 43.7. The van der Waals surface area contributed by atoms with Crippen LogP contribution in [0.2, 0.25) is 0 Å². The van der Waals surface area contributed by atoms with E-state index in [2.05, 4.69) is 5.16 Å². The van der Waals surface area contributed by atoms with Crippen LogP contribution in [-0.2, 0) is 10.9 Å². The normalized spacial score (nSPS) is 20.0. The van der Waals surface area contributed by atoms with Gasteiger partial charge in [-0.2, -0.15) is 13.2 Å². The molecule has 0 aliphatic carbocycles. The van der Waals surface area contributed by atoms with Crippen molar-refractivity contribution in [2.75, 3.05) is 12.4 Å². The summed E-state index contributed by atoms with van der Waals surface area (Å²) in [6, 6.07) is 3.23. The van der Waals surface area contributed by atoms with Crippen molar-refractivity contribution in [2.24, 2.45) is 10.9 Å². The van der Waals surface area contributed by atoms with Crippen LogP contribution in [0.4, 0.5) is 13.2 Å². The van der Waals surface area contributed by atoms with Crippen molar-refractivity contribution in [2.45, 2.75) is 30.0 Å². The first-order chi connectivity index (χ1) is 9.91. The van der Waals surface area contributed by atoms with E-state index in [1.54, 1.807) is 0 Å². The molecule has 8 heteroatoms. The monoisotopic (exact) mass is 320 g/mol. The molecule has 1 aliphatic heterocycles. The van der Waals surface area contributed by atoms with E-state index in [-0.39, 0.29) is 17.5 Å². The lowest BCUT2D eigenvalue weighted by Gasteiger charge is -2.14. The lowest BCUT2D eigenvalue weighted by molar-refractivity contribution is -0.137. The second kappa shape index (κ2) is 6.57. The summed E-state index contributed by atoms with van der Waals surface area (Å²) in [5, 5.41) is 11.5. The molecule has 1 unspecified atom stereocenters. The molecule has 1 atom stereocenters. The predicted molar refractivity (Wildman–Crippen MR) is 73.7 cm³/mol. The van der Waals surface area contributed by atoms with Crippen molar-refractivity contribution in [1.82, 2.24) is 0 Å². The topological polar surface area (TPSA) is 67.8 Å². The number of hydrogen-bond donors (Lipinski definition) is 2. The Kier molecular flexibility index (Phi) is 5.00. The predicted octanol–water partition coefficient (Wildman–Crippen LogP) is 3.07. The molecule has 0 spiro atoms. The van der Waals surface area contributed by atoms with Gasteiger partial charge in [0.1, 0.15) is 0 Å². The number of ether oxygens (including phenoxy) is 1. The van der Waals surface area contributed by atoms with Gasteiger partial charge in [-0.15, -0.1) is 11.8 Å². The van der Waals surface area contributed by atoms with Crippen LogP contribution in [-0.4, -0.2) is 29.5 Å². The van der Waals surface area contributed by atoms with Gasteiger partial charge in [-0.05, 0) is 31.0 Å². The fourth-order valence-electron chi connectivity index (χ4n) is 2.04. The quantitative estimate of drug-likeness (QED) is 0.294. The Balaban J connectivity index is 2.22. The van der Waals surface area contributed by atoms with Crippen molar-refractivity contribution in [3.05, 3.63) is 29.3 Å². The average Bonchev–Trinajstić information content (AvgIpc) is 2.96. The minimum absolute atomic E-state index is 0.0790. The van der Waals surface area contributed by atoms with E-state index >= 15 is 0 Å². The number of alkyl halides is 3. The summed E-state index contributed by atoms with van der Waals surface area (Å²) in [5.41, 5.74) is 4.73. The van der Waals surface area contributed by atoms with Gasteiger partial charge < -0.3 is 15.7 Å². The molecule has 0 saturated carbocycles. The summed E-state index contributed by atoms with van der Waals surface area (Å²) in [5.74, 6) is 0.285. The van der Waals surface area contributed by atoms with Crippen LogP contribution < -0.4 is 5.73 Å². The third kappa shape index (κ3) is 4.04. The van der Waals surface area contributed by atoms with Crippen molar-refractivity contribution in [3.8, 4) is 0 Å². The van der Waals surface area contributed by atoms with Gasteiger partial charge in [0.2, 0.25) is 0 Å². The number of amidine groups is 1. The van der Waals surface area contributed by atoms with Crippen LogP contribution in [0.25, 0.3) is 0 Å². The van der Waals surface area contributed by atoms with Crippen molar-refractivity contribution < 1.29 is 23.1 Å². The molecule has 116 valence electrons. The van der Waals surface area contributed by atoms with E-state index in [0.29, 0.717) is 17.3 Å². The van der Waals surface area contributed by atoms with Crippen LogP contribution in [0.5, 0.6) is 0 Å². The molecule has 0 amide bonds. The molecule has 2 rings (SSSR count). The molecule has 0 radical (unpaired) electrons. The molecular formula is C13H15F3N2O2S. The molecule has 3 N–H and O–H groups in total. The molecule has 1 aromatic carbocycles. The van der Waals surface area contributed by atoms with E-state index in [1.807, 2.05) is 0 Å². The Bertz CT molecular complexity index is 529. The Labute approximate surface area is 124 Å². The van der Waals surface area contributed by atoms with E-state index in [4.69, 9.17) is 15.7 Å². The largest absolute Gasteiger partial charge is 0.416 e. The van der Waals surface area contributed by atoms with E-state index in [0.717, 1.165) is 25.0 Å².